The fourth-order valence-electron chi connectivity index (χ4n) is 4.70. The normalized spacial score (nSPS) is 16.0. The van der Waals surface area contributed by atoms with Crippen molar-refractivity contribution in [1.29, 1.82) is 0 Å². The molecule has 0 saturated carbocycles. The number of nitrogens with zero attached hydrogens (tertiary/aromatic N) is 1. The maximum absolute atomic E-state index is 12.9. The second-order valence-electron chi connectivity index (χ2n) is 10.9. The summed E-state index contributed by atoms with van der Waals surface area (Å²) in [5.41, 5.74) is 19.4. The Labute approximate surface area is 281 Å². The molecule has 4 atom stereocenters. The number of nitrogens with one attached hydrogen (secondary N) is 3. The van der Waals surface area contributed by atoms with Crippen LogP contribution < -0.4 is 37.9 Å². The van der Waals surface area contributed by atoms with E-state index in [1.165, 1.54) is 17.0 Å². The number of rotatable bonds is 15. The SMILES string of the molecule is NC[C@H](NC(=O)Oc1ccc(C[C@H](N)C(=O)Nc2ccccc2)cc1)C(=O)N[C@@H](CSC1CC(=O)N(Cc2ccccc2)C1=O)C(N)=O. The first kappa shape index (κ1) is 35.6. The lowest BCUT2D eigenvalue weighted by Gasteiger charge is -2.21. The van der Waals surface area contributed by atoms with Crippen molar-refractivity contribution < 1.29 is 33.5 Å². The molecule has 14 nitrogen and oxygen atoms in total. The van der Waals surface area contributed by atoms with Crippen LogP contribution in [0.15, 0.2) is 84.9 Å². The largest absolute Gasteiger partial charge is 0.413 e. The van der Waals surface area contributed by atoms with Crippen molar-refractivity contribution in [3.63, 3.8) is 0 Å². The average molecular weight is 676 g/mol. The number of hydrogen-bond donors (Lipinski definition) is 6. The number of carbonyl (C=O) groups is 6. The zero-order valence-corrected chi connectivity index (χ0v) is 26.7. The van der Waals surface area contributed by atoms with Crippen molar-refractivity contribution in [2.24, 2.45) is 17.2 Å². The molecule has 9 N–H and O–H groups in total. The fraction of sp³-hybridized carbons (Fsp3) is 0.273. The summed E-state index contributed by atoms with van der Waals surface area (Å²) in [6.45, 7) is -0.191. The summed E-state index contributed by atoms with van der Waals surface area (Å²) in [5.74, 6) is -2.68. The number of amides is 6. The van der Waals surface area contributed by atoms with Gasteiger partial charge in [-0.1, -0.05) is 60.7 Å². The lowest BCUT2D eigenvalue weighted by Crippen LogP contribution is -2.56. The Bertz CT molecular complexity index is 1610. The van der Waals surface area contributed by atoms with E-state index in [1.54, 1.807) is 36.4 Å². The third kappa shape index (κ3) is 10.1. The molecule has 4 rings (SSSR count). The van der Waals surface area contributed by atoms with Gasteiger partial charge in [0.05, 0.1) is 17.8 Å². The second-order valence-corrected chi connectivity index (χ2v) is 12.2. The number of benzene rings is 3. The van der Waals surface area contributed by atoms with Crippen LogP contribution in [0.25, 0.3) is 0 Å². The summed E-state index contributed by atoms with van der Waals surface area (Å²) in [6.07, 6.45) is -0.797. The van der Waals surface area contributed by atoms with Crippen molar-refractivity contribution in [2.75, 3.05) is 17.6 Å². The molecule has 1 aliphatic heterocycles. The van der Waals surface area contributed by atoms with E-state index in [0.717, 1.165) is 22.9 Å². The van der Waals surface area contributed by atoms with E-state index in [-0.39, 0.29) is 49.2 Å². The van der Waals surface area contributed by atoms with Crippen LogP contribution in [0, 0.1) is 0 Å². The molecule has 0 bridgehead atoms. The number of imide groups is 1. The summed E-state index contributed by atoms with van der Waals surface area (Å²) in [7, 11) is 0. The van der Waals surface area contributed by atoms with E-state index < -0.39 is 47.2 Å². The molecule has 0 radical (unpaired) electrons. The number of anilines is 1. The molecule has 1 saturated heterocycles. The monoisotopic (exact) mass is 675 g/mol. The number of nitrogens with two attached hydrogens (primary N) is 3. The van der Waals surface area contributed by atoms with Gasteiger partial charge in [0.2, 0.25) is 29.5 Å². The van der Waals surface area contributed by atoms with Gasteiger partial charge in [-0.15, -0.1) is 11.8 Å². The van der Waals surface area contributed by atoms with Crippen LogP contribution in [-0.2, 0) is 36.9 Å². The Morgan fingerprint density at radius 3 is 2.12 bits per heavy atom. The van der Waals surface area contributed by atoms with Gasteiger partial charge < -0.3 is 37.9 Å². The number of primary amides is 1. The van der Waals surface area contributed by atoms with Crippen molar-refractivity contribution in [2.45, 2.75) is 42.8 Å². The van der Waals surface area contributed by atoms with Crippen LogP contribution in [0.3, 0.4) is 0 Å². The third-order valence-corrected chi connectivity index (χ3v) is 8.62. The Morgan fingerprint density at radius 1 is 0.854 bits per heavy atom. The third-order valence-electron chi connectivity index (χ3n) is 7.32. The molecule has 1 heterocycles. The van der Waals surface area contributed by atoms with Gasteiger partial charge in [-0.25, -0.2) is 4.79 Å². The number of para-hydroxylation sites is 1. The molecule has 0 aromatic heterocycles. The van der Waals surface area contributed by atoms with Crippen LogP contribution in [0.4, 0.5) is 10.5 Å². The first-order valence-corrected chi connectivity index (χ1v) is 16.1. The van der Waals surface area contributed by atoms with Crippen molar-refractivity contribution in [3.05, 3.63) is 96.1 Å². The van der Waals surface area contributed by atoms with Crippen molar-refractivity contribution in [3.8, 4) is 5.75 Å². The predicted molar refractivity (Wildman–Crippen MR) is 179 cm³/mol. The Kier molecular flexibility index (Phi) is 12.7. The van der Waals surface area contributed by atoms with E-state index >= 15 is 0 Å². The minimum atomic E-state index is -1.28. The molecular formula is C33H37N7O7S. The molecule has 1 unspecified atom stereocenters. The van der Waals surface area contributed by atoms with E-state index in [4.69, 9.17) is 21.9 Å². The average Bonchev–Trinajstić information content (AvgIpc) is 3.34. The molecule has 1 fully saturated rings. The number of likely N-dealkylation sites (tertiary alicyclic amines) is 1. The fourth-order valence-corrected chi connectivity index (χ4v) is 5.90. The lowest BCUT2D eigenvalue weighted by molar-refractivity contribution is -0.139. The topological polar surface area (TPSA) is 229 Å². The summed E-state index contributed by atoms with van der Waals surface area (Å²) < 4.78 is 5.26. The van der Waals surface area contributed by atoms with Gasteiger partial charge in [-0.2, -0.15) is 0 Å². The van der Waals surface area contributed by atoms with Gasteiger partial charge in [-0.05, 0) is 41.8 Å². The van der Waals surface area contributed by atoms with Crippen LogP contribution in [0.2, 0.25) is 0 Å². The molecule has 48 heavy (non-hydrogen) atoms. The van der Waals surface area contributed by atoms with Crippen LogP contribution in [-0.4, -0.2) is 76.2 Å². The minimum absolute atomic E-state index is 0.0496. The maximum Gasteiger partial charge on any atom is 0.413 e. The molecule has 3 aromatic carbocycles. The van der Waals surface area contributed by atoms with Gasteiger partial charge in [0.1, 0.15) is 17.8 Å². The molecule has 1 aliphatic rings. The highest BCUT2D eigenvalue weighted by Crippen LogP contribution is 2.27. The van der Waals surface area contributed by atoms with Crippen LogP contribution in [0.1, 0.15) is 17.5 Å². The zero-order chi connectivity index (χ0) is 34.6. The summed E-state index contributed by atoms with van der Waals surface area (Å²) >= 11 is 1.03. The van der Waals surface area contributed by atoms with E-state index in [1.807, 2.05) is 36.4 Å². The van der Waals surface area contributed by atoms with Crippen LogP contribution in [0.5, 0.6) is 5.75 Å². The number of carbonyl (C=O) groups excluding carboxylic acids is 6. The van der Waals surface area contributed by atoms with Gasteiger partial charge in [0, 0.05) is 24.4 Å². The molecule has 6 amide bonds. The van der Waals surface area contributed by atoms with E-state index in [0.29, 0.717) is 5.69 Å². The van der Waals surface area contributed by atoms with Gasteiger partial charge >= 0.3 is 6.09 Å². The minimum Gasteiger partial charge on any atom is -0.410 e. The highest BCUT2D eigenvalue weighted by Gasteiger charge is 2.39. The maximum atomic E-state index is 12.9. The first-order valence-electron chi connectivity index (χ1n) is 15.0. The molecule has 0 spiro atoms. The summed E-state index contributed by atoms with van der Waals surface area (Å²) in [5, 5.41) is 6.80. The van der Waals surface area contributed by atoms with E-state index in [9.17, 15) is 28.8 Å². The smallest absolute Gasteiger partial charge is 0.410 e. The Hall–Kier alpha value is -5.25. The number of ether oxygens (including phenoxy) is 1. The molecule has 0 aliphatic carbocycles. The molecule has 252 valence electrons. The predicted octanol–water partition coefficient (Wildman–Crippen LogP) is 0.642. The number of hydrogen-bond acceptors (Lipinski definition) is 10. The lowest BCUT2D eigenvalue weighted by atomic mass is 10.1. The van der Waals surface area contributed by atoms with E-state index in [2.05, 4.69) is 16.0 Å². The van der Waals surface area contributed by atoms with Gasteiger partial charge in [0.25, 0.3) is 0 Å². The molecule has 3 aromatic rings. The second kappa shape index (κ2) is 17.1. The number of thioether (sulfide) groups is 1. The van der Waals surface area contributed by atoms with Gasteiger partial charge in [0.15, 0.2) is 0 Å². The zero-order valence-electron chi connectivity index (χ0n) is 25.9. The summed E-state index contributed by atoms with van der Waals surface area (Å²) in [4.78, 5) is 76.5. The van der Waals surface area contributed by atoms with Crippen molar-refractivity contribution >= 4 is 53.1 Å². The molecular weight excluding hydrogens is 638 g/mol. The van der Waals surface area contributed by atoms with Gasteiger partial charge in [-0.3, -0.25) is 28.9 Å². The highest BCUT2D eigenvalue weighted by molar-refractivity contribution is 8.00. The Morgan fingerprint density at radius 2 is 1.50 bits per heavy atom. The standard InChI is InChI=1S/C33H37N7O7S/c34-17-25(39-33(46)47-23-13-11-20(12-14-23)15-24(35)30(43)37-22-9-5-2-6-10-22)31(44)38-26(29(36)42)19-48-27-16-28(41)40(32(27)45)18-21-7-3-1-4-8-21/h1-14,24-27H,15-19,34-35H2,(H2,36,42)(H,37,43)(H,38,44)(H,39,46)/t24-,25-,26-,27?/m0/s1. The first-order chi connectivity index (χ1) is 23.0. The van der Waals surface area contributed by atoms with Crippen molar-refractivity contribution in [1.82, 2.24) is 15.5 Å². The summed E-state index contributed by atoms with van der Waals surface area (Å²) in [6, 6.07) is 21.0. The highest BCUT2D eigenvalue weighted by atomic mass is 32.2. The Balaban J connectivity index is 1.24. The quantitative estimate of drug-likeness (QED) is 0.123. The molecule has 15 heteroatoms. The van der Waals surface area contributed by atoms with Crippen LogP contribution >= 0.6 is 11.8 Å².